The van der Waals surface area contributed by atoms with Crippen LogP contribution in [-0.2, 0) is 16.7 Å². The van der Waals surface area contributed by atoms with Gasteiger partial charge in [0.2, 0.25) is 0 Å². The first-order chi connectivity index (χ1) is 16.3. The molecule has 0 saturated heterocycles. The zero-order valence-electron chi connectivity index (χ0n) is 20.4. The molecule has 1 saturated carbocycles. The highest BCUT2D eigenvalue weighted by molar-refractivity contribution is 8.22. The maximum absolute atomic E-state index is 13.5. The van der Waals surface area contributed by atoms with Crippen LogP contribution in [0.1, 0.15) is 51.2 Å². The number of nitrogens with zero attached hydrogens (tertiary/aromatic N) is 1. The summed E-state index contributed by atoms with van der Waals surface area (Å²) in [6, 6.07) is 18.6. The van der Waals surface area contributed by atoms with E-state index in [9.17, 15) is 4.79 Å². The van der Waals surface area contributed by atoms with Crippen molar-refractivity contribution in [2.24, 2.45) is 11.8 Å². The molecule has 3 aromatic rings. The van der Waals surface area contributed by atoms with Crippen LogP contribution in [0.2, 0.25) is 0 Å². The van der Waals surface area contributed by atoms with Crippen LogP contribution in [-0.4, -0.2) is 27.3 Å². The number of benzene rings is 2. The maximum atomic E-state index is 13.5. The van der Waals surface area contributed by atoms with Crippen molar-refractivity contribution in [2.75, 3.05) is 6.26 Å². The Hall–Kier alpha value is -2.31. The summed E-state index contributed by atoms with van der Waals surface area (Å²) in [4.78, 5) is 13.5. The number of carbonyl (C=O) groups is 1. The average Bonchev–Trinajstić information content (AvgIpc) is 3.22. The fourth-order valence-corrected chi connectivity index (χ4v) is 5.62. The first-order valence-electron chi connectivity index (χ1n) is 12.0. The number of thiocarbonyl (C=S) groups is 1. The smallest absolute Gasteiger partial charge is 0.418 e. The Morgan fingerprint density at radius 2 is 1.85 bits per heavy atom. The lowest BCUT2D eigenvalue weighted by atomic mass is 9.64. The topological polar surface area (TPSA) is 43.3 Å². The Bertz CT molecular complexity index is 1160. The van der Waals surface area contributed by atoms with Crippen LogP contribution in [0, 0.1) is 11.8 Å². The lowest BCUT2D eigenvalue weighted by molar-refractivity contribution is -0.00229. The summed E-state index contributed by atoms with van der Waals surface area (Å²) in [5, 5.41) is 4.29. The van der Waals surface area contributed by atoms with Crippen LogP contribution in [0.5, 0.6) is 0 Å². The predicted octanol–water partition coefficient (Wildman–Crippen LogP) is 7.15. The van der Waals surface area contributed by atoms with E-state index in [4.69, 9.17) is 17.0 Å². The number of aromatic nitrogens is 1. The van der Waals surface area contributed by atoms with Crippen molar-refractivity contribution in [1.82, 2.24) is 9.88 Å². The van der Waals surface area contributed by atoms with E-state index in [1.54, 1.807) is 4.57 Å². The SMILES string of the molecule is CSC(=S)NCc1cn(C(=O)O[C@H]2C[C@@H](C)CC[C@@H]2C(C)(C)c2ccccc2)c2ccccc12. The fourth-order valence-electron chi connectivity index (χ4n) is 5.33. The van der Waals surface area contributed by atoms with Gasteiger partial charge >= 0.3 is 6.09 Å². The molecule has 0 bridgehead atoms. The molecule has 4 nitrogen and oxygen atoms in total. The first-order valence-corrected chi connectivity index (χ1v) is 13.6. The van der Waals surface area contributed by atoms with Crippen LogP contribution < -0.4 is 5.32 Å². The minimum atomic E-state index is -0.303. The number of hydrogen-bond acceptors (Lipinski definition) is 4. The van der Waals surface area contributed by atoms with Gasteiger partial charge in [-0.3, -0.25) is 4.57 Å². The number of fused-ring (bicyclic) bond motifs is 1. The molecule has 2 aromatic carbocycles. The molecule has 0 unspecified atom stereocenters. The molecule has 1 aliphatic carbocycles. The molecule has 0 radical (unpaired) electrons. The molecule has 4 rings (SSSR count). The summed E-state index contributed by atoms with van der Waals surface area (Å²) in [7, 11) is 0. The second-order valence-corrected chi connectivity index (χ2v) is 11.4. The number of carbonyl (C=O) groups excluding carboxylic acids is 1. The Kier molecular flexibility index (Phi) is 7.68. The third kappa shape index (κ3) is 5.18. The third-order valence-electron chi connectivity index (χ3n) is 7.35. The van der Waals surface area contributed by atoms with Crippen molar-refractivity contribution in [3.8, 4) is 0 Å². The molecule has 6 heteroatoms. The van der Waals surface area contributed by atoms with Crippen LogP contribution in [0.3, 0.4) is 0 Å². The molecular weight excluding hydrogens is 460 g/mol. The van der Waals surface area contributed by atoms with Gasteiger partial charge < -0.3 is 10.1 Å². The van der Waals surface area contributed by atoms with Crippen LogP contribution >= 0.6 is 24.0 Å². The highest BCUT2D eigenvalue weighted by atomic mass is 32.2. The number of hydrogen-bond donors (Lipinski definition) is 1. The van der Waals surface area contributed by atoms with Gasteiger partial charge in [-0.05, 0) is 47.6 Å². The van der Waals surface area contributed by atoms with E-state index in [0.717, 1.165) is 40.0 Å². The average molecular weight is 495 g/mol. The van der Waals surface area contributed by atoms with Gasteiger partial charge in [-0.25, -0.2) is 4.79 Å². The van der Waals surface area contributed by atoms with Crippen molar-refractivity contribution >= 4 is 45.3 Å². The Balaban J connectivity index is 1.61. The van der Waals surface area contributed by atoms with Crippen molar-refractivity contribution in [1.29, 1.82) is 0 Å². The molecule has 0 aliphatic heterocycles. The minimum absolute atomic E-state index is 0.0896. The second kappa shape index (κ2) is 10.5. The summed E-state index contributed by atoms with van der Waals surface area (Å²) >= 11 is 6.80. The van der Waals surface area contributed by atoms with E-state index in [0.29, 0.717) is 12.5 Å². The molecule has 0 amide bonds. The lowest BCUT2D eigenvalue weighted by Gasteiger charge is -2.43. The number of rotatable bonds is 5. The molecule has 34 heavy (non-hydrogen) atoms. The highest BCUT2D eigenvalue weighted by Crippen LogP contribution is 2.43. The van der Waals surface area contributed by atoms with Gasteiger partial charge in [-0.1, -0.05) is 87.9 Å². The van der Waals surface area contributed by atoms with Crippen LogP contribution in [0.4, 0.5) is 4.79 Å². The van der Waals surface area contributed by atoms with Gasteiger partial charge in [0.15, 0.2) is 0 Å². The number of para-hydroxylation sites is 1. The number of ether oxygens (including phenoxy) is 1. The van der Waals surface area contributed by atoms with E-state index in [-0.39, 0.29) is 23.5 Å². The van der Waals surface area contributed by atoms with Gasteiger partial charge in [-0.2, -0.15) is 0 Å². The van der Waals surface area contributed by atoms with E-state index in [2.05, 4.69) is 56.4 Å². The van der Waals surface area contributed by atoms with E-state index < -0.39 is 0 Å². The predicted molar refractivity (Wildman–Crippen MR) is 147 cm³/mol. The summed E-state index contributed by atoms with van der Waals surface area (Å²) in [6.45, 7) is 7.40. The molecule has 1 fully saturated rings. The number of nitrogens with one attached hydrogen (secondary N) is 1. The highest BCUT2D eigenvalue weighted by Gasteiger charge is 2.42. The van der Waals surface area contributed by atoms with Gasteiger partial charge in [0, 0.05) is 24.0 Å². The van der Waals surface area contributed by atoms with Crippen LogP contribution in [0.25, 0.3) is 10.9 Å². The summed E-state index contributed by atoms with van der Waals surface area (Å²) < 4.78 is 8.71. The van der Waals surface area contributed by atoms with Crippen molar-refractivity contribution in [2.45, 2.75) is 58.1 Å². The molecule has 0 spiro atoms. The molecule has 1 heterocycles. The summed E-state index contributed by atoms with van der Waals surface area (Å²) in [5.41, 5.74) is 3.10. The van der Waals surface area contributed by atoms with E-state index >= 15 is 0 Å². The number of thioether (sulfide) groups is 1. The lowest BCUT2D eigenvalue weighted by Crippen LogP contribution is -2.44. The maximum Gasteiger partial charge on any atom is 0.418 e. The van der Waals surface area contributed by atoms with Crippen molar-refractivity contribution in [3.05, 3.63) is 71.9 Å². The monoisotopic (exact) mass is 494 g/mol. The normalized spacial score (nSPS) is 20.8. The molecule has 1 aromatic heterocycles. The molecular formula is C28H34N2O2S2. The van der Waals surface area contributed by atoms with Gasteiger partial charge in [-0.15, -0.1) is 11.8 Å². The van der Waals surface area contributed by atoms with Gasteiger partial charge in [0.1, 0.15) is 10.4 Å². The zero-order chi connectivity index (χ0) is 24.3. The Morgan fingerprint density at radius 1 is 1.15 bits per heavy atom. The largest absolute Gasteiger partial charge is 0.445 e. The molecule has 1 N–H and O–H groups in total. The second-order valence-electron chi connectivity index (χ2n) is 9.92. The standard InChI is InChI=1S/C28H34N2O2S2/c1-19-14-15-23(28(2,3)21-10-6-5-7-11-21)25(16-19)32-27(31)30-18-20(17-29-26(33)34-4)22-12-8-9-13-24(22)30/h5-13,18-19,23,25H,14-17H2,1-4H3,(H,29,33)/t19-,23-,25-/m0/s1. The molecule has 3 atom stereocenters. The Labute approximate surface area is 212 Å². The van der Waals surface area contributed by atoms with Gasteiger partial charge in [0.25, 0.3) is 0 Å². The van der Waals surface area contributed by atoms with Crippen molar-refractivity contribution in [3.63, 3.8) is 0 Å². The van der Waals surface area contributed by atoms with Gasteiger partial charge in [0.05, 0.1) is 5.52 Å². The fraction of sp³-hybridized carbons (Fsp3) is 0.429. The van der Waals surface area contributed by atoms with Crippen LogP contribution in [0.15, 0.2) is 60.8 Å². The zero-order valence-corrected chi connectivity index (χ0v) is 22.0. The summed E-state index contributed by atoms with van der Waals surface area (Å²) in [6.07, 6.45) is 6.52. The minimum Gasteiger partial charge on any atom is -0.445 e. The molecule has 180 valence electrons. The van der Waals surface area contributed by atoms with E-state index in [1.165, 1.54) is 17.3 Å². The van der Waals surface area contributed by atoms with E-state index in [1.807, 2.05) is 36.7 Å². The quantitative estimate of drug-likeness (QED) is 0.382. The van der Waals surface area contributed by atoms with Crippen molar-refractivity contribution < 1.29 is 9.53 Å². The first kappa shape index (κ1) is 24.8. The Morgan fingerprint density at radius 3 is 2.59 bits per heavy atom. The molecule has 1 aliphatic rings. The third-order valence-corrected chi connectivity index (χ3v) is 8.51. The summed E-state index contributed by atoms with van der Waals surface area (Å²) in [5.74, 6) is 0.798.